The largest absolute Gasteiger partial charge is 0.396 e. The smallest absolute Gasteiger partial charge is 0.263 e. The molecule has 0 bridgehead atoms. The molecule has 0 aliphatic heterocycles. The Bertz CT molecular complexity index is 654. The summed E-state index contributed by atoms with van der Waals surface area (Å²) in [6.07, 6.45) is 9.00. The molecule has 1 aliphatic carbocycles. The second-order valence-corrected chi connectivity index (χ2v) is 6.67. The first-order chi connectivity index (χ1) is 10.2. The van der Waals surface area contributed by atoms with Gasteiger partial charge in [0.2, 0.25) is 0 Å². The fraction of sp³-hybridized carbons (Fsp3) is 0.533. The monoisotopic (exact) mass is 304 g/mol. The maximum atomic E-state index is 12.5. The minimum atomic E-state index is -0.0842. The number of hydrogen-bond donors (Lipinski definition) is 2. The molecule has 2 aromatic rings. The van der Waals surface area contributed by atoms with E-state index in [0.717, 1.165) is 23.6 Å². The Hall–Kier alpha value is -1.69. The number of carbonyl (C=O) groups is 1. The summed E-state index contributed by atoms with van der Waals surface area (Å²) in [5.74, 6) is 0.645. The van der Waals surface area contributed by atoms with Crippen LogP contribution in [0.4, 0.5) is 5.69 Å². The van der Waals surface area contributed by atoms with E-state index in [4.69, 9.17) is 5.73 Å². The molecule has 3 rings (SSSR count). The van der Waals surface area contributed by atoms with Gasteiger partial charge < -0.3 is 11.1 Å². The lowest BCUT2D eigenvalue weighted by molar-refractivity contribution is 0.0924. The first kappa shape index (κ1) is 14.3. The van der Waals surface area contributed by atoms with Crippen molar-refractivity contribution < 1.29 is 4.79 Å². The Morgan fingerprint density at radius 1 is 1.43 bits per heavy atom. The van der Waals surface area contributed by atoms with Crippen molar-refractivity contribution in [2.45, 2.75) is 45.1 Å². The highest BCUT2D eigenvalue weighted by atomic mass is 32.1. The Balaban J connectivity index is 1.76. The van der Waals surface area contributed by atoms with Crippen molar-refractivity contribution in [2.24, 2.45) is 5.92 Å². The van der Waals surface area contributed by atoms with Crippen molar-refractivity contribution in [3.8, 4) is 0 Å². The van der Waals surface area contributed by atoms with Gasteiger partial charge >= 0.3 is 0 Å². The molecule has 1 amide bonds. The summed E-state index contributed by atoms with van der Waals surface area (Å²) >= 11 is 1.32. The van der Waals surface area contributed by atoms with Gasteiger partial charge in [-0.3, -0.25) is 4.79 Å². The van der Waals surface area contributed by atoms with Crippen LogP contribution in [0, 0.1) is 5.92 Å². The summed E-state index contributed by atoms with van der Waals surface area (Å²) in [5.41, 5.74) is 7.12. The van der Waals surface area contributed by atoms with Crippen LogP contribution in [0.5, 0.6) is 0 Å². The SMILES string of the molecule is CCC1CCCC(NC(=O)c2sc3nccnc3c2N)C1. The highest BCUT2D eigenvalue weighted by Gasteiger charge is 2.25. The molecule has 1 fully saturated rings. The average Bonchev–Trinajstić information content (AvgIpc) is 2.85. The molecule has 2 heterocycles. The number of nitrogens with zero attached hydrogens (tertiary/aromatic N) is 2. The predicted molar refractivity (Wildman–Crippen MR) is 85.3 cm³/mol. The number of fused-ring (bicyclic) bond motifs is 1. The van der Waals surface area contributed by atoms with Crippen LogP contribution in [-0.4, -0.2) is 21.9 Å². The van der Waals surface area contributed by atoms with Gasteiger partial charge in [-0.2, -0.15) is 0 Å². The van der Waals surface area contributed by atoms with Crippen molar-refractivity contribution in [1.82, 2.24) is 15.3 Å². The van der Waals surface area contributed by atoms with Crippen molar-refractivity contribution >= 4 is 33.3 Å². The Morgan fingerprint density at radius 2 is 2.24 bits per heavy atom. The molecule has 2 unspecified atom stereocenters. The molecule has 0 spiro atoms. The van der Waals surface area contributed by atoms with Gasteiger partial charge in [-0.25, -0.2) is 9.97 Å². The average molecular weight is 304 g/mol. The maximum Gasteiger partial charge on any atom is 0.263 e. The number of nitrogens with one attached hydrogen (secondary N) is 1. The van der Waals surface area contributed by atoms with E-state index >= 15 is 0 Å². The zero-order valence-corrected chi connectivity index (χ0v) is 12.9. The summed E-state index contributed by atoms with van der Waals surface area (Å²) in [6, 6.07) is 0.265. The molecule has 0 aromatic carbocycles. The highest BCUT2D eigenvalue weighted by Crippen LogP contribution is 2.31. The third-order valence-corrected chi connectivity index (χ3v) is 5.37. The van der Waals surface area contributed by atoms with Gasteiger partial charge in [-0.1, -0.05) is 26.2 Å². The van der Waals surface area contributed by atoms with E-state index in [2.05, 4.69) is 22.2 Å². The standard InChI is InChI=1S/C15H20N4OS/c1-2-9-4-3-5-10(8-9)19-14(20)13-11(16)12-15(21-13)18-7-6-17-12/h6-7,9-10H,2-5,8,16H2,1H3,(H,19,20). The summed E-state index contributed by atoms with van der Waals surface area (Å²) in [7, 11) is 0. The Morgan fingerprint density at radius 3 is 3.00 bits per heavy atom. The quantitative estimate of drug-likeness (QED) is 0.913. The van der Waals surface area contributed by atoms with Gasteiger partial charge in [0.15, 0.2) is 0 Å². The summed E-state index contributed by atoms with van der Waals surface area (Å²) in [6.45, 7) is 2.22. The molecule has 5 nitrogen and oxygen atoms in total. The Labute approximate surface area is 128 Å². The highest BCUT2D eigenvalue weighted by molar-refractivity contribution is 7.21. The number of nitrogens with two attached hydrogens (primary N) is 1. The number of thiophene rings is 1. The third kappa shape index (κ3) is 2.85. The van der Waals surface area contributed by atoms with E-state index in [1.807, 2.05) is 0 Å². The molecule has 0 saturated heterocycles. The summed E-state index contributed by atoms with van der Waals surface area (Å²) in [5, 5.41) is 3.14. The fourth-order valence-electron chi connectivity index (χ4n) is 3.06. The number of rotatable bonds is 3. The molecule has 112 valence electrons. The number of hydrogen-bond acceptors (Lipinski definition) is 5. The van der Waals surface area contributed by atoms with Gasteiger partial charge in [0.25, 0.3) is 5.91 Å². The second kappa shape index (κ2) is 5.97. The van der Waals surface area contributed by atoms with Crippen molar-refractivity contribution in [1.29, 1.82) is 0 Å². The second-order valence-electron chi connectivity index (χ2n) is 5.67. The van der Waals surface area contributed by atoms with Crippen LogP contribution >= 0.6 is 11.3 Å². The molecular formula is C15H20N4OS. The maximum absolute atomic E-state index is 12.5. The molecule has 21 heavy (non-hydrogen) atoms. The number of carbonyl (C=O) groups excluding carboxylic acids is 1. The van der Waals surface area contributed by atoms with Crippen molar-refractivity contribution in [2.75, 3.05) is 5.73 Å². The van der Waals surface area contributed by atoms with Gasteiger partial charge in [-0.15, -0.1) is 11.3 Å². The lowest BCUT2D eigenvalue weighted by atomic mass is 9.84. The summed E-state index contributed by atoms with van der Waals surface area (Å²) in [4.78, 5) is 22.1. The van der Waals surface area contributed by atoms with Gasteiger partial charge in [0.05, 0.1) is 5.69 Å². The number of anilines is 1. The molecule has 2 atom stereocenters. The minimum absolute atomic E-state index is 0.0842. The molecule has 1 saturated carbocycles. The van der Waals surface area contributed by atoms with E-state index in [9.17, 15) is 4.79 Å². The molecule has 2 aromatic heterocycles. The van der Waals surface area contributed by atoms with Crippen LogP contribution in [0.15, 0.2) is 12.4 Å². The summed E-state index contributed by atoms with van der Waals surface area (Å²) < 4.78 is 0. The lowest BCUT2D eigenvalue weighted by Crippen LogP contribution is -2.38. The first-order valence-electron chi connectivity index (χ1n) is 7.49. The van der Waals surface area contributed by atoms with Crippen LogP contribution in [-0.2, 0) is 0 Å². The zero-order valence-electron chi connectivity index (χ0n) is 12.1. The molecular weight excluding hydrogens is 284 g/mol. The molecule has 3 N–H and O–H groups in total. The van der Waals surface area contributed by atoms with Crippen LogP contribution in [0.1, 0.15) is 48.7 Å². The van der Waals surface area contributed by atoms with Crippen LogP contribution in [0.2, 0.25) is 0 Å². The zero-order chi connectivity index (χ0) is 14.8. The number of aromatic nitrogens is 2. The van der Waals surface area contributed by atoms with Gasteiger partial charge in [-0.05, 0) is 18.8 Å². The van der Waals surface area contributed by atoms with E-state index in [0.29, 0.717) is 16.1 Å². The topological polar surface area (TPSA) is 80.9 Å². The van der Waals surface area contributed by atoms with Crippen LogP contribution in [0.3, 0.4) is 0 Å². The van der Waals surface area contributed by atoms with E-state index in [-0.39, 0.29) is 11.9 Å². The van der Waals surface area contributed by atoms with Gasteiger partial charge in [0, 0.05) is 18.4 Å². The van der Waals surface area contributed by atoms with E-state index in [1.54, 1.807) is 12.4 Å². The van der Waals surface area contributed by atoms with Crippen LogP contribution < -0.4 is 11.1 Å². The fourth-order valence-corrected chi connectivity index (χ4v) is 3.98. The molecule has 6 heteroatoms. The lowest BCUT2D eigenvalue weighted by Gasteiger charge is -2.28. The Kier molecular flexibility index (Phi) is 4.05. The van der Waals surface area contributed by atoms with Crippen LogP contribution in [0.25, 0.3) is 10.3 Å². The number of nitrogen functional groups attached to an aromatic ring is 1. The molecule has 0 radical (unpaired) electrons. The van der Waals surface area contributed by atoms with Crippen molar-refractivity contribution in [3.63, 3.8) is 0 Å². The van der Waals surface area contributed by atoms with Crippen molar-refractivity contribution in [3.05, 3.63) is 17.3 Å². The normalized spacial score (nSPS) is 22.3. The minimum Gasteiger partial charge on any atom is -0.396 e. The van der Waals surface area contributed by atoms with E-state index < -0.39 is 0 Å². The number of amides is 1. The van der Waals surface area contributed by atoms with Gasteiger partial charge in [0.1, 0.15) is 15.2 Å². The predicted octanol–water partition coefficient (Wildman–Crippen LogP) is 2.97. The molecule has 1 aliphatic rings. The third-order valence-electron chi connectivity index (χ3n) is 4.26. The van der Waals surface area contributed by atoms with E-state index in [1.165, 1.54) is 30.6 Å². The first-order valence-corrected chi connectivity index (χ1v) is 8.30.